The van der Waals surface area contributed by atoms with Crippen molar-refractivity contribution in [1.82, 2.24) is 10.3 Å². The molecule has 1 aliphatic carbocycles. The van der Waals surface area contributed by atoms with Crippen LogP contribution in [0.5, 0.6) is 0 Å². The SMILES string of the molecule is CCN(C(=NC1CCCCC1)NN)C(C)C. The maximum Gasteiger partial charge on any atom is 0.208 e. The van der Waals surface area contributed by atoms with E-state index in [4.69, 9.17) is 10.8 Å². The third-order valence-corrected chi connectivity index (χ3v) is 3.24. The van der Waals surface area contributed by atoms with Crippen LogP contribution in [-0.4, -0.2) is 29.5 Å². The minimum Gasteiger partial charge on any atom is -0.340 e. The van der Waals surface area contributed by atoms with Gasteiger partial charge < -0.3 is 4.90 Å². The zero-order valence-electron chi connectivity index (χ0n) is 10.9. The topological polar surface area (TPSA) is 53.6 Å². The van der Waals surface area contributed by atoms with Gasteiger partial charge in [-0.3, -0.25) is 5.43 Å². The molecular weight excluding hydrogens is 200 g/mol. The first-order valence-electron chi connectivity index (χ1n) is 6.50. The van der Waals surface area contributed by atoms with Crippen molar-refractivity contribution in [3.05, 3.63) is 0 Å². The molecule has 4 nitrogen and oxygen atoms in total. The van der Waals surface area contributed by atoms with Crippen molar-refractivity contribution >= 4 is 5.96 Å². The van der Waals surface area contributed by atoms with E-state index in [-0.39, 0.29) is 0 Å². The lowest BCUT2D eigenvalue weighted by molar-refractivity contribution is 0.346. The second-order valence-corrected chi connectivity index (χ2v) is 4.77. The molecule has 0 atom stereocenters. The van der Waals surface area contributed by atoms with Gasteiger partial charge in [0, 0.05) is 12.6 Å². The number of nitrogens with two attached hydrogens (primary N) is 1. The van der Waals surface area contributed by atoms with E-state index in [0.29, 0.717) is 12.1 Å². The first kappa shape index (κ1) is 13.3. The highest BCUT2D eigenvalue weighted by Gasteiger charge is 2.16. The number of nitrogens with one attached hydrogen (secondary N) is 1. The van der Waals surface area contributed by atoms with E-state index in [2.05, 4.69) is 31.1 Å². The zero-order chi connectivity index (χ0) is 12.0. The van der Waals surface area contributed by atoms with E-state index in [1.165, 1.54) is 32.1 Å². The third kappa shape index (κ3) is 3.67. The molecule has 1 aliphatic rings. The van der Waals surface area contributed by atoms with Crippen LogP contribution in [0, 0.1) is 0 Å². The van der Waals surface area contributed by atoms with E-state index in [9.17, 15) is 0 Å². The Kier molecular flexibility index (Phi) is 5.60. The van der Waals surface area contributed by atoms with Crippen LogP contribution < -0.4 is 11.3 Å². The molecule has 0 unspecified atom stereocenters. The highest BCUT2D eigenvalue weighted by atomic mass is 15.4. The fourth-order valence-corrected chi connectivity index (χ4v) is 2.34. The van der Waals surface area contributed by atoms with Crippen molar-refractivity contribution in [3.63, 3.8) is 0 Å². The molecule has 1 rings (SSSR count). The molecule has 0 amide bonds. The van der Waals surface area contributed by atoms with Gasteiger partial charge in [-0.15, -0.1) is 0 Å². The molecule has 1 fully saturated rings. The zero-order valence-corrected chi connectivity index (χ0v) is 10.9. The molecule has 0 aromatic carbocycles. The summed E-state index contributed by atoms with van der Waals surface area (Å²) in [5, 5.41) is 0. The number of guanidine groups is 1. The van der Waals surface area contributed by atoms with Crippen LogP contribution in [0.4, 0.5) is 0 Å². The van der Waals surface area contributed by atoms with E-state index < -0.39 is 0 Å². The lowest BCUT2D eigenvalue weighted by Gasteiger charge is -2.29. The average molecular weight is 226 g/mol. The molecule has 3 N–H and O–H groups in total. The van der Waals surface area contributed by atoms with E-state index in [0.717, 1.165) is 12.5 Å². The largest absolute Gasteiger partial charge is 0.340 e. The van der Waals surface area contributed by atoms with Crippen molar-refractivity contribution in [2.75, 3.05) is 6.54 Å². The van der Waals surface area contributed by atoms with Gasteiger partial charge in [-0.05, 0) is 33.6 Å². The molecule has 0 saturated heterocycles. The van der Waals surface area contributed by atoms with Crippen LogP contribution in [0.3, 0.4) is 0 Å². The van der Waals surface area contributed by atoms with Crippen molar-refractivity contribution in [2.45, 2.75) is 65.0 Å². The predicted octanol–water partition coefficient (Wildman–Crippen LogP) is 1.87. The summed E-state index contributed by atoms with van der Waals surface area (Å²) in [5.41, 5.74) is 2.76. The smallest absolute Gasteiger partial charge is 0.208 e. The Hall–Kier alpha value is -0.770. The molecule has 0 aliphatic heterocycles. The molecule has 94 valence electrons. The number of nitrogens with zero attached hydrogens (tertiary/aromatic N) is 2. The van der Waals surface area contributed by atoms with Crippen molar-refractivity contribution < 1.29 is 0 Å². The molecule has 4 heteroatoms. The highest BCUT2D eigenvalue weighted by Crippen LogP contribution is 2.20. The van der Waals surface area contributed by atoms with Gasteiger partial charge >= 0.3 is 0 Å². The van der Waals surface area contributed by atoms with E-state index in [1.54, 1.807) is 0 Å². The van der Waals surface area contributed by atoms with Crippen LogP contribution in [-0.2, 0) is 0 Å². The molecule has 0 heterocycles. The van der Waals surface area contributed by atoms with Gasteiger partial charge in [0.15, 0.2) is 0 Å². The fraction of sp³-hybridized carbons (Fsp3) is 0.917. The van der Waals surface area contributed by atoms with Crippen molar-refractivity contribution in [1.29, 1.82) is 0 Å². The summed E-state index contributed by atoms with van der Waals surface area (Å²) >= 11 is 0. The quantitative estimate of drug-likeness (QED) is 0.334. The summed E-state index contributed by atoms with van der Waals surface area (Å²) in [7, 11) is 0. The number of aliphatic imine (C=N–C) groups is 1. The van der Waals surface area contributed by atoms with Crippen LogP contribution in [0.25, 0.3) is 0 Å². The molecule has 0 aromatic heterocycles. The predicted molar refractivity (Wildman–Crippen MR) is 69.1 cm³/mol. The lowest BCUT2D eigenvalue weighted by atomic mass is 9.96. The molecule has 0 bridgehead atoms. The fourth-order valence-electron chi connectivity index (χ4n) is 2.34. The van der Waals surface area contributed by atoms with Gasteiger partial charge in [0.25, 0.3) is 0 Å². The molecule has 0 aromatic rings. The Labute approximate surface area is 99.3 Å². The Morgan fingerprint density at radius 2 is 2.00 bits per heavy atom. The highest BCUT2D eigenvalue weighted by molar-refractivity contribution is 5.79. The monoisotopic (exact) mass is 226 g/mol. The molecule has 1 saturated carbocycles. The van der Waals surface area contributed by atoms with E-state index >= 15 is 0 Å². The minimum absolute atomic E-state index is 0.434. The Balaban J connectivity index is 2.66. The normalized spacial score (nSPS) is 18.9. The summed E-state index contributed by atoms with van der Waals surface area (Å²) in [5.74, 6) is 6.43. The van der Waals surface area contributed by atoms with Crippen LogP contribution >= 0.6 is 0 Å². The lowest BCUT2D eigenvalue weighted by Crippen LogP contribution is -2.48. The summed E-state index contributed by atoms with van der Waals surface area (Å²) in [6, 6.07) is 0.899. The van der Waals surface area contributed by atoms with Gasteiger partial charge in [0.2, 0.25) is 5.96 Å². The average Bonchev–Trinajstić information content (AvgIpc) is 2.29. The maximum atomic E-state index is 5.58. The standard InChI is InChI=1S/C12H26N4/c1-4-16(10(2)3)12(15-13)14-11-8-6-5-7-9-11/h10-11H,4-9,13H2,1-3H3,(H,14,15). The van der Waals surface area contributed by atoms with Gasteiger partial charge in [-0.1, -0.05) is 19.3 Å². The van der Waals surface area contributed by atoms with Gasteiger partial charge in [-0.2, -0.15) is 0 Å². The number of rotatable bonds is 3. The summed E-state index contributed by atoms with van der Waals surface area (Å²) in [6.07, 6.45) is 6.39. The number of hydrogen-bond acceptors (Lipinski definition) is 2. The second kappa shape index (κ2) is 6.74. The second-order valence-electron chi connectivity index (χ2n) is 4.77. The molecule has 0 radical (unpaired) electrons. The third-order valence-electron chi connectivity index (χ3n) is 3.24. The van der Waals surface area contributed by atoms with Crippen LogP contribution in [0.1, 0.15) is 52.9 Å². The Morgan fingerprint density at radius 3 is 2.44 bits per heavy atom. The maximum absolute atomic E-state index is 5.58. The first-order valence-corrected chi connectivity index (χ1v) is 6.50. The molecular formula is C12H26N4. The molecule has 0 spiro atoms. The number of hydrogen-bond donors (Lipinski definition) is 2. The minimum atomic E-state index is 0.434. The van der Waals surface area contributed by atoms with E-state index in [1.807, 2.05) is 0 Å². The van der Waals surface area contributed by atoms with Gasteiger partial charge in [0.1, 0.15) is 0 Å². The summed E-state index contributed by atoms with van der Waals surface area (Å²) < 4.78 is 0. The van der Waals surface area contributed by atoms with Crippen LogP contribution in [0.2, 0.25) is 0 Å². The number of hydrazine groups is 1. The van der Waals surface area contributed by atoms with Crippen molar-refractivity contribution in [3.8, 4) is 0 Å². The van der Waals surface area contributed by atoms with Gasteiger partial charge in [-0.25, -0.2) is 10.8 Å². The Morgan fingerprint density at radius 1 is 1.38 bits per heavy atom. The van der Waals surface area contributed by atoms with Crippen molar-refractivity contribution in [2.24, 2.45) is 10.8 Å². The molecule has 16 heavy (non-hydrogen) atoms. The Bertz CT molecular complexity index is 219. The van der Waals surface area contributed by atoms with Crippen LogP contribution in [0.15, 0.2) is 4.99 Å². The van der Waals surface area contributed by atoms with Gasteiger partial charge in [0.05, 0.1) is 6.04 Å². The first-order chi connectivity index (χ1) is 7.69. The summed E-state index contributed by atoms with van der Waals surface area (Å²) in [6.45, 7) is 7.40. The summed E-state index contributed by atoms with van der Waals surface area (Å²) in [4.78, 5) is 6.96.